The molecule has 0 aliphatic heterocycles. The molecule has 0 saturated carbocycles. The van der Waals surface area contributed by atoms with Crippen molar-refractivity contribution in [2.24, 2.45) is 0 Å². The van der Waals surface area contributed by atoms with Gasteiger partial charge in [-0.1, -0.05) is 278 Å². The van der Waals surface area contributed by atoms with Crippen LogP contribution in [0, 0.1) is 0 Å². The second kappa shape index (κ2) is 57.1. The maximum Gasteiger partial charge on any atom is 0.268 e. The SMILES string of the molecule is CC/C=C\C/C=C\C/C=C\C/C=C\C/C=C\C/C=C\CCCCCCCCCCCCCCCCC(=O)NC(COP(=O)([O-])OCC[N+](C)(C)C)C(O)/C=C/CC/C=C/CCCCCCCCCCCCCCCCC. The van der Waals surface area contributed by atoms with Crippen molar-refractivity contribution in [1.82, 2.24) is 5.32 Å². The summed E-state index contributed by atoms with van der Waals surface area (Å²) in [5, 5.41) is 13.9. The lowest BCUT2D eigenvalue weighted by molar-refractivity contribution is -0.870. The van der Waals surface area contributed by atoms with Crippen LogP contribution in [0.3, 0.4) is 0 Å². The van der Waals surface area contributed by atoms with Crippen LogP contribution < -0.4 is 10.2 Å². The number of phosphoric acid groups is 1. The normalized spacial score (nSPS) is 14.5. The van der Waals surface area contributed by atoms with Gasteiger partial charge in [0.2, 0.25) is 5.91 Å². The zero-order valence-corrected chi connectivity index (χ0v) is 51.1. The highest BCUT2D eigenvalue weighted by Gasteiger charge is 2.23. The predicted octanol–water partition coefficient (Wildman–Crippen LogP) is 19.1. The topological polar surface area (TPSA) is 108 Å². The van der Waals surface area contributed by atoms with Crippen molar-refractivity contribution in [1.29, 1.82) is 0 Å². The molecule has 0 radical (unpaired) electrons. The zero-order valence-electron chi connectivity index (χ0n) is 50.2. The molecule has 8 nitrogen and oxygen atoms in total. The van der Waals surface area contributed by atoms with Gasteiger partial charge >= 0.3 is 0 Å². The standard InChI is InChI=1S/C67H121N2O6P/c1-6-8-10-12-14-16-18-20-22-24-26-28-29-30-31-32-33-34-35-36-37-38-39-41-43-45-47-49-51-53-55-57-59-61-67(71)68-65(64-75-76(72,73)74-63-62-69(3,4)5)66(70)60-58-56-54-52-50-48-46-44-42-40-27-25-23-21-19-17-15-13-11-9-7-2/h8,10,14,16,20,22,26,28,30-31,33-34,50,52,58,60,65-66,70H,6-7,9,11-13,15,17-19,21,23-25,27,29,32,35-49,51,53-57,59,61-64H2,1-5H3,(H-,68,71,72,73)/b10-8-,16-14-,22-20-,28-26-,31-30-,34-33-,52-50+,60-58+. The molecular weight excluding hydrogens is 960 g/mol. The second-order valence-electron chi connectivity index (χ2n) is 22.4. The van der Waals surface area contributed by atoms with E-state index in [1.54, 1.807) is 6.08 Å². The first kappa shape index (κ1) is 73.4. The summed E-state index contributed by atoms with van der Waals surface area (Å²) in [6.07, 6.45) is 82.2. The van der Waals surface area contributed by atoms with Gasteiger partial charge in [0.1, 0.15) is 13.2 Å². The summed E-state index contributed by atoms with van der Waals surface area (Å²) < 4.78 is 23.4. The third-order valence-corrected chi connectivity index (χ3v) is 14.7. The number of allylic oxidation sites excluding steroid dienone is 15. The molecule has 9 heteroatoms. The first-order valence-corrected chi connectivity index (χ1v) is 33.1. The molecule has 440 valence electrons. The highest BCUT2D eigenvalue weighted by molar-refractivity contribution is 7.45. The minimum Gasteiger partial charge on any atom is -0.756 e. The maximum absolute atomic E-state index is 13.0. The van der Waals surface area contributed by atoms with Gasteiger partial charge in [0.25, 0.3) is 7.82 Å². The monoisotopic (exact) mass is 1080 g/mol. The maximum atomic E-state index is 13.0. The fraction of sp³-hybridized carbons (Fsp3) is 0.746. The van der Waals surface area contributed by atoms with Crippen molar-refractivity contribution < 1.29 is 32.9 Å². The van der Waals surface area contributed by atoms with E-state index in [-0.39, 0.29) is 12.5 Å². The van der Waals surface area contributed by atoms with Gasteiger partial charge in [-0.2, -0.15) is 0 Å². The van der Waals surface area contributed by atoms with Crippen molar-refractivity contribution >= 4 is 13.7 Å². The molecule has 3 unspecified atom stereocenters. The van der Waals surface area contributed by atoms with E-state index in [9.17, 15) is 19.4 Å². The van der Waals surface area contributed by atoms with Crippen LogP contribution in [0.15, 0.2) is 97.2 Å². The average Bonchev–Trinajstić information content (AvgIpc) is 3.38. The Labute approximate surface area is 470 Å². The van der Waals surface area contributed by atoms with Gasteiger partial charge in [-0.15, -0.1) is 0 Å². The van der Waals surface area contributed by atoms with Crippen LogP contribution in [0.2, 0.25) is 0 Å². The van der Waals surface area contributed by atoms with Crippen LogP contribution in [0.4, 0.5) is 0 Å². The van der Waals surface area contributed by atoms with E-state index in [0.29, 0.717) is 17.4 Å². The number of hydrogen-bond donors (Lipinski definition) is 2. The Morgan fingerprint density at radius 1 is 0.474 bits per heavy atom. The molecule has 3 atom stereocenters. The summed E-state index contributed by atoms with van der Waals surface area (Å²) in [5.41, 5.74) is 0. The third kappa shape index (κ3) is 59.1. The Morgan fingerprint density at radius 3 is 1.22 bits per heavy atom. The molecule has 0 heterocycles. The molecule has 1 amide bonds. The number of hydrogen-bond acceptors (Lipinski definition) is 6. The number of unbranched alkanes of at least 4 members (excludes halogenated alkanes) is 30. The molecule has 0 rings (SSSR count). The largest absolute Gasteiger partial charge is 0.756 e. The number of nitrogens with one attached hydrogen (secondary N) is 1. The fourth-order valence-corrected chi connectivity index (χ4v) is 9.60. The first-order chi connectivity index (χ1) is 37.0. The summed E-state index contributed by atoms with van der Waals surface area (Å²) in [5.74, 6) is -0.209. The van der Waals surface area contributed by atoms with Gasteiger partial charge in [0, 0.05) is 6.42 Å². The lowest BCUT2D eigenvalue weighted by Crippen LogP contribution is -2.45. The molecule has 0 aliphatic carbocycles. The Morgan fingerprint density at radius 2 is 0.816 bits per heavy atom. The van der Waals surface area contributed by atoms with Gasteiger partial charge in [-0.25, -0.2) is 0 Å². The van der Waals surface area contributed by atoms with Gasteiger partial charge in [-0.3, -0.25) is 9.36 Å². The Kier molecular flexibility index (Phi) is 55.2. The number of likely N-dealkylation sites (N-methyl/N-ethyl adjacent to an activating group) is 1. The van der Waals surface area contributed by atoms with Crippen molar-refractivity contribution in [3.8, 4) is 0 Å². The molecule has 0 aromatic carbocycles. The molecular formula is C67H121N2O6P. The second-order valence-corrected chi connectivity index (χ2v) is 23.8. The number of nitrogens with zero attached hydrogens (tertiary/aromatic N) is 1. The van der Waals surface area contributed by atoms with Crippen molar-refractivity contribution in [3.05, 3.63) is 97.2 Å². The van der Waals surface area contributed by atoms with Crippen molar-refractivity contribution in [2.45, 2.75) is 283 Å². The van der Waals surface area contributed by atoms with Crippen LogP contribution in [0.5, 0.6) is 0 Å². The first-order valence-electron chi connectivity index (χ1n) is 31.6. The van der Waals surface area contributed by atoms with Gasteiger partial charge < -0.3 is 28.8 Å². The number of amides is 1. The minimum absolute atomic E-state index is 0.00947. The molecule has 76 heavy (non-hydrogen) atoms. The fourth-order valence-electron chi connectivity index (χ4n) is 8.88. The molecule has 2 N–H and O–H groups in total. The van der Waals surface area contributed by atoms with Gasteiger partial charge in [-0.05, 0) is 83.5 Å². The van der Waals surface area contributed by atoms with E-state index >= 15 is 0 Å². The quantitative estimate of drug-likeness (QED) is 0.0272. The number of rotatable bonds is 57. The molecule has 0 spiro atoms. The molecule has 0 saturated heterocycles. The van der Waals surface area contributed by atoms with E-state index < -0.39 is 26.6 Å². The molecule has 0 fully saturated rings. The predicted molar refractivity (Wildman–Crippen MR) is 329 cm³/mol. The van der Waals surface area contributed by atoms with E-state index in [0.717, 1.165) is 77.0 Å². The summed E-state index contributed by atoms with van der Waals surface area (Å²) in [7, 11) is 1.24. The summed E-state index contributed by atoms with van der Waals surface area (Å²) in [6.45, 7) is 4.53. The summed E-state index contributed by atoms with van der Waals surface area (Å²) in [6, 6.07) is -0.910. The number of quaternary nitrogens is 1. The number of aliphatic hydroxyl groups excluding tert-OH is 1. The van der Waals surface area contributed by atoms with Crippen LogP contribution >= 0.6 is 7.82 Å². The summed E-state index contributed by atoms with van der Waals surface area (Å²) in [4.78, 5) is 25.6. The third-order valence-electron chi connectivity index (χ3n) is 13.8. The zero-order chi connectivity index (χ0) is 55.6. The van der Waals surface area contributed by atoms with Crippen molar-refractivity contribution in [3.63, 3.8) is 0 Å². The van der Waals surface area contributed by atoms with Gasteiger partial charge in [0.15, 0.2) is 0 Å². The van der Waals surface area contributed by atoms with E-state index in [1.165, 1.54) is 173 Å². The Balaban J connectivity index is 4.16. The van der Waals surface area contributed by atoms with Crippen LogP contribution in [0.1, 0.15) is 271 Å². The number of aliphatic hydroxyl groups is 1. The van der Waals surface area contributed by atoms with E-state index in [2.05, 4.69) is 104 Å². The van der Waals surface area contributed by atoms with E-state index in [1.807, 2.05) is 27.2 Å². The van der Waals surface area contributed by atoms with Gasteiger partial charge in [0.05, 0.1) is 39.9 Å². The van der Waals surface area contributed by atoms with E-state index in [4.69, 9.17) is 9.05 Å². The summed E-state index contributed by atoms with van der Waals surface area (Å²) >= 11 is 0. The highest BCUT2D eigenvalue weighted by Crippen LogP contribution is 2.38. The average molecular weight is 1080 g/mol. The number of carbonyl (C=O) groups is 1. The number of carbonyl (C=O) groups excluding carboxylic acids is 1. The highest BCUT2D eigenvalue weighted by atomic mass is 31.2. The minimum atomic E-state index is -4.61. The molecule has 0 aliphatic rings. The molecule has 0 bridgehead atoms. The lowest BCUT2D eigenvalue weighted by atomic mass is 10.0. The Hall–Kier alpha value is -2.58. The van der Waals surface area contributed by atoms with Crippen molar-refractivity contribution in [2.75, 3.05) is 40.9 Å². The van der Waals surface area contributed by atoms with Crippen LogP contribution in [-0.4, -0.2) is 68.5 Å². The molecule has 0 aromatic heterocycles. The lowest BCUT2D eigenvalue weighted by Gasteiger charge is -2.29. The Bertz CT molecular complexity index is 1560. The molecule has 0 aromatic rings. The smallest absolute Gasteiger partial charge is 0.268 e. The van der Waals surface area contributed by atoms with Crippen LogP contribution in [0.25, 0.3) is 0 Å². The van der Waals surface area contributed by atoms with Crippen LogP contribution in [-0.2, 0) is 18.4 Å². The number of phosphoric ester groups is 1.